The van der Waals surface area contributed by atoms with Crippen LogP contribution in [0, 0.1) is 13.8 Å². The Bertz CT molecular complexity index is 364. The van der Waals surface area contributed by atoms with Crippen LogP contribution >= 0.6 is 0 Å². The molecule has 0 bridgehead atoms. The van der Waals surface area contributed by atoms with Crippen molar-refractivity contribution in [3.63, 3.8) is 0 Å². The van der Waals surface area contributed by atoms with E-state index < -0.39 is 0 Å². The molecule has 1 saturated carbocycles. The van der Waals surface area contributed by atoms with Gasteiger partial charge in [0.2, 0.25) is 0 Å². The lowest BCUT2D eigenvalue weighted by Gasteiger charge is -2.30. The summed E-state index contributed by atoms with van der Waals surface area (Å²) in [6.45, 7) is 6.67. The van der Waals surface area contributed by atoms with Gasteiger partial charge in [-0.25, -0.2) is 0 Å². The summed E-state index contributed by atoms with van der Waals surface area (Å²) < 4.78 is 0. The maximum Gasteiger partial charge on any atom is 0.0398 e. The summed E-state index contributed by atoms with van der Waals surface area (Å²) in [6.07, 6.45) is 3.97. The molecular formula is C14H21N. The molecule has 1 aromatic carbocycles. The van der Waals surface area contributed by atoms with E-state index in [1.165, 1.54) is 36.1 Å². The first kappa shape index (κ1) is 10.5. The molecule has 1 aliphatic carbocycles. The van der Waals surface area contributed by atoms with E-state index in [0.29, 0.717) is 5.54 Å². The van der Waals surface area contributed by atoms with Gasteiger partial charge in [-0.1, -0.05) is 24.6 Å². The van der Waals surface area contributed by atoms with E-state index in [1.54, 1.807) is 0 Å². The number of anilines is 1. The number of benzene rings is 1. The zero-order valence-electron chi connectivity index (χ0n) is 10.3. The molecule has 1 aliphatic rings. The van der Waals surface area contributed by atoms with Crippen molar-refractivity contribution in [3.05, 3.63) is 29.3 Å². The Morgan fingerprint density at radius 3 is 2.40 bits per heavy atom. The molecule has 1 aromatic rings. The smallest absolute Gasteiger partial charge is 0.0398 e. The van der Waals surface area contributed by atoms with Crippen molar-refractivity contribution >= 4 is 5.69 Å². The molecule has 0 aromatic heterocycles. The molecule has 0 N–H and O–H groups in total. The van der Waals surface area contributed by atoms with Gasteiger partial charge in [-0.05, 0) is 44.7 Å². The van der Waals surface area contributed by atoms with Gasteiger partial charge in [0.05, 0.1) is 0 Å². The van der Waals surface area contributed by atoms with E-state index in [-0.39, 0.29) is 0 Å². The summed E-state index contributed by atoms with van der Waals surface area (Å²) in [7, 11) is 2.24. The first-order valence-electron chi connectivity index (χ1n) is 5.90. The van der Waals surface area contributed by atoms with Gasteiger partial charge in [0.1, 0.15) is 0 Å². The number of hydrogen-bond donors (Lipinski definition) is 0. The fraction of sp³-hybridized carbons (Fsp3) is 0.571. The van der Waals surface area contributed by atoms with Crippen LogP contribution in [0.2, 0.25) is 0 Å². The third kappa shape index (κ3) is 1.75. The Labute approximate surface area is 93.1 Å². The molecule has 2 rings (SSSR count). The van der Waals surface area contributed by atoms with Crippen LogP contribution in [0.3, 0.4) is 0 Å². The quantitative estimate of drug-likeness (QED) is 0.724. The maximum absolute atomic E-state index is 2.49. The highest BCUT2D eigenvalue weighted by Crippen LogP contribution is 2.46. The Morgan fingerprint density at radius 1 is 1.27 bits per heavy atom. The van der Waals surface area contributed by atoms with Crippen LogP contribution in [-0.2, 0) is 0 Å². The first-order chi connectivity index (χ1) is 7.09. The Balaban J connectivity index is 2.29. The predicted molar refractivity (Wildman–Crippen MR) is 66.6 cm³/mol. The lowest BCUT2D eigenvalue weighted by atomic mass is 10.1. The second kappa shape index (κ2) is 3.55. The van der Waals surface area contributed by atoms with Crippen molar-refractivity contribution in [2.45, 2.75) is 45.6 Å². The van der Waals surface area contributed by atoms with E-state index >= 15 is 0 Å². The van der Waals surface area contributed by atoms with Crippen molar-refractivity contribution in [2.75, 3.05) is 11.9 Å². The summed E-state index contributed by atoms with van der Waals surface area (Å²) in [5, 5.41) is 0. The van der Waals surface area contributed by atoms with Gasteiger partial charge in [-0.3, -0.25) is 0 Å². The van der Waals surface area contributed by atoms with Gasteiger partial charge in [0.15, 0.2) is 0 Å². The summed E-state index contributed by atoms with van der Waals surface area (Å²) in [4.78, 5) is 2.49. The van der Waals surface area contributed by atoms with E-state index in [2.05, 4.69) is 50.9 Å². The minimum Gasteiger partial charge on any atom is -0.369 e. The summed E-state index contributed by atoms with van der Waals surface area (Å²) >= 11 is 0. The molecule has 0 aliphatic heterocycles. The average molecular weight is 203 g/mol. The molecular weight excluding hydrogens is 182 g/mol. The van der Waals surface area contributed by atoms with Gasteiger partial charge in [-0.2, -0.15) is 0 Å². The van der Waals surface area contributed by atoms with Gasteiger partial charge in [0.25, 0.3) is 0 Å². The largest absolute Gasteiger partial charge is 0.369 e. The molecule has 1 heteroatoms. The van der Waals surface area contributed by atoms with E-state index in [4.69, 9.17) is 0 Å². The zero-order valence-corrected chi connectivity index (χ0v) is 10.3. The van der Waals surface area contributed by atoms with E-state index in [9.17, 15) is 0 Å². The topological polar surface area (TPSA) is 3.24 Å². The Hall–Kier alpha value is -0.980. The van der Waals surface area contributed by atoms with Gasteiger partial charge in [0, 0.05) is 18.3 Å². The summed E-state index contributed by atoms with van der Waals surface area (Å²) in [5.41, 5.74) is 4.63. The number of nitrogens with zero attached hydrogens (tertiary/aromatic N) is 1. The monoisotopic (exact) mass is 203 g/mol. The van der Waals surface area contributed by atoms with Crippen LogP contribution < -0.4 is 4.90 Å². The second-order valence-electron chi connectivity index (χ2n) is 4.93. The number of rotatable bonds is 3. The van der Waals surface area contributed by atoms with Crippen molar-refractivity contribution in [1.29, 1.82) is 0 Å². The third-order valence-electron chi connectivity index (χ3n) is 3.91. The molecule has 1 fully saturated rings. The van der Waals surface area contributed by atoms with E-state index in [1.807, 2.05) is 0 Å². The highest BCUT2D eigenvalue weighted by molar-refractivity contribution is 5.57. The molecule has 82 valence electrons. The normalized spacial score (nSPS) is 17.6. The van der Waals surface area contributed by atoms with Crippen LogP contribution in [0.25, 0.3) is 0 Å². The van der Waals surface area contributed by atoms with Gasteiger partial charge < -0.3 is 4.90 Å². The SMILES string of the molecule is CCC1(N(C)c2ccc(C)cc2C)CC1. The molecule has 0 unspecified atom stereocenters. The number of aryl methyl sites for hydroxylation is 2. The summed E-state index contributed by atoms with van der Waals surface area (Å²) in [6, 6.07) is 6.75. The van der Waals surface area contributed by atoms with E-state index in [0.717, 1.165) is 0 Å². The zero-order chi connectivity index (χ0) is 11.1. The van der Waals surface area contributed by atoms with Crippen LogP contribution in [-0.4, -0.2) is 12.6 Å². The molecule has 0 atom stereocenters. The molecule has 0 saturated heterocycles. The molecule has 15 heavy (non-hydrogen) atoms. The molecule has 1 nitrogen and oxygen atoms in total. The predicted octanol–water partition coefficient (Wildman–Crippen LogP) is 3.68. The van der Waals surface area contributed by atoms with Crippen molar-refractivity contribution in [3.8, 4) is 0 Å². The lowest BCUT2D eigenvalue weighted by Crippen LogP contribution is -2.33. The molecule has 0 spiro atoms. The van der Waals surface area contributed by atoms with Gasteiger partial charge >= 0.3 is 0 Å². The second-order valence-corrected chi connectivity index (χ2v) is 4.93. The van der Waals surface area contributed by atoms with Gasteiger partial charge in [-0.15, -0.1) is 0 Å². The highest BCUT2D eigenvalue weighted by Gasteiger charge is 2.44. The Morgan fingerprint density at radius 2 is 1.93 bits per heavy atom. The average Bonchev–Trinajstić information content (AvgIpc) is 2.97. The van der Waals surface area contributed by atoms with Crippen LogP contribution in [0.5, 0.6) is 0 Å². The van der Waals surface area contributed by atoms with Crippen molar-refractivity contribution in [1.82, 2.24) is 0 Å². The van der Waals surface area contributed by atoms with Crippen molar-refractivity contribution < 1.29 is 0 Å². The van der Waals surface area contributed by atoms with Crippen molar-refractivity contribution in [2.24, 2.45) is 0 Å². The van der Waals surface area contributed by atoms with Crippen LogP contribution in [0.1, 0.15) is 37.3 Å². The van der Waals surface area contributed by atoms with Crippen LogP contribution in [0.15, 0.2) is 18.2 Å². The minimum atomic E-state index is 0.472. The maximum atomic E-state index is 2.49. The third-order valence-corrected chi connectivity index (χ3v) is 3.91. The highest BCUT2D eigenvalue weighted by atomic mass is 15.2. The molecule has 0 heterocycles. The van der Waals surface area contributed by atoms with Crippen LogP contribution in [0.4, 0.5) is 5.69 Å². The Kier molecular flexibility index (Phi) is 2.49. The fourth-order valence-electron chi connectivity index (χ4n) is 2.51. The fourth-order valence-corrected chi connectivity index (χ4v) is 2.51. The summed E-state index contributed by atoms with van der Waals surface area (Å²) in [5.74, 6) is 0. The lowest BCUT2D eigenvalue weighted by molar-refractivity contribution is 0.603. The molecule has 0 amide bonds. The molecule has 0 radical (unpaired) electrons. The number of hydrogen-bond acceptors (Lipinski definition) is 1. The first-order valence-corrected chi connectivity index (χ1v) is 5.90. The minimum absolute atomic E-state index is 0.472. The standard InChI is InChI=1S/C14H21N/c1-5-14(8-9-14)15(4)13-7-6-11(2)10-12(13)3/h6-7,10H,5,8-9H2,1-4H3.